The maximum absolute atomic E-state index is 12.7. The monoisotopic (exact) mass is 349 g/mol. The van der Waals surface area contributed by atoms with Crippen molar-refractivity contribution in [2.75, 3.05) is 7.11 Å². The lowest BCUT2D eigenvalue weighted by atomic mass is 10.1. The van der Waals surface area contributed by atoms with Crippen molar-refractivity contribution < 1.29 is 13.9 Å². The van der Waals surface area contributed by atoms with Crippen LogP contribution in [0.5, 0.6) is 5.75 Å². The number of hydrogen-bond acceptors (Lipinski definition) is 3. The first-order valence-electron chi connectivity index (χ1n) is 6.86. The minimum atomic E-state index is -0.0102. The number of methoxy groups -OCH3 is 1. The van der Waals surface area contributed by atoms with E-state index in [0.29, 0.717) is 22.8 Å². The number of para-hydroxylation sites is 1. The number of carbonyl (C=O) groups excluding carboxylic acids is 1. The van der Waals surface area contributed by atoms with Crippen LogP contribution in [0, 0.1) is 0 Å². The first-order chi connectivity index (χ1) is 10.2. The minimum Gasteiger partial charge on any atom is -0.496 e. The Labute approximate surface area is 131 Å². The van der Waals surface area contributed by atoms with Crippen molar-refractivity contribution in [3.8, 4) is 5.75 Å². The molecule has 110 valence electrons. The molecule has 0 atom stereocenters. The number of halogens is 1. The lowest BCUT2D eigenvalue weighted by Crippen LogP contribution is -2.32. The molecule has 3 rings (SSSR count). The summed E-state index contributed by atoms with van der Waals surface area (Å²) in [7, 11) is 1.65. The van der Waals surface area contributed by atoms with Gasteiger partial charge in [-0.1, -0.05) is 18.2 Å². The van der Waals surface area contributed by atoms with Crippen LogP contribution in [0.3, 0.4) is 0 Å². The predicted molar refractivity (Wildman–Crippen MR) is 82.3 cm³/mol. The molecule has 0 aliphatic heterocycles. The number of benzene rings is 1. The van der Waals surface area contributed by atoms with E-state index in [1.165, 1.54) is 6.26 Å². The Bertz CT molecular complexity index is 648. The lowest BCUT2D eigenvalue weighted by molar-refractivity contribution is 0.0726. The highest BCUT2D eigenvalue weighted by molar-refractivity contribution is 9.10. The molecule has 0 saturated heterocycles. The molecule has 1 amide bonds. The van der Waals surface area contributed by atoms with Gasteiger partial charge < -0.3 is 14.1 Å². The Morgan fingerprint density at radius 3 is 2.76 bits per heavy atom. The van der Waals surface area contributed by atoms with E-state index in [2.05, 4.69) is 15.9 Å². The van der Waals surface area contributed by atoms with Gasteiger partial charge in [-0.3, -0.25) is 4.79 Å². The van der Waals surface area contributed by atoms with Gasteiger partial charge in [0.1, 0.15) is 5.75 Å². The molecule has 0 bridgehead atoms. The van der Waals surface area contributed by atoms with E-state index >= 15 is 0 Å². The largest absolute Gasteiger partial charge is 0.496 e. The Morgan fingerprint density at radius 1 is 1.38 bits per heavy atom. The second kappa shape index (κ2) is 5.93. The molecule has 0 unspecified atom stereocenters. The summed E-state index contributed by atoms with van der Waals surface area (Å²) in [6.45, 7) is 0.547. The number of carbonyl (C=O) groups is 1. The molecule has 1 fully saturated rings. The quantitative estimate of drug-likeness (QED) is 0.823. The molecule has 21 heavy (non-hydrogen) atoms. The van der Waals surface area contributed by atoms with Crippen molar-refractivity contribution in [2.45, 2.75) is 25.4 Å². The van der Waals surface area contributed by atoms with Crippen LogP contribution >= 0.6 is 15.9 Å². The minimum absolute atomic E-state index is 0.0102. The van der Waals surface area contributed by atoms with E-state index in [4.69, 9.17) is 9.15 Å². The molecule has 5 heteroatoms. The first-order valence-corrected chi connectivity index (χ1v) is 7.66. The van der Waals surface area contributed by atoms with Crippen LogP contribution in [0.15, 0.2) is 45.7 Å². The summed E-state index contributed by atoms with van der Waals surface area (Å²) >= 11 is 3.28. The molecule has 1 aliphatic carbocycles. The fourth-order valence-electron chi connectivity index (χ4n) is 2.37. The molecule has 0 N–H and O–H groups in total. The number of hydrogen-bond donors (Lipinski definition) is 0. The molecular weight excluding hydrogens is 334 g/mol. The Kier molecular flexibility index (Phi) is 4.01. The van der Waals surface area contributed by atoms with E-state index in [9.17, 15) is 4.79 Å². The van der Waals surface area contributed by atoms with Gasteiger partial charge in [-0.2, -0.15) is 0 Å². The summed E-state index contributed by atoms with van der Waals surface area (Å²) in [6.07, 6.45) is 3.62. The normalized spacial score (nSPS) is 14.0. The third-order valence-corrected chi connectivity index (χ3v) is 4.24. The van der Waals surface area contributed by atoms with Crippen molar-refractivity contribution in [1.29, 1.82) is 0 Å². The van der Waals surface area contributed by atoms with Gasteiger partial charge in [0.25, 0.3) is 5.91 Å². The molecule has 1 aromatic heterocycles. The summed E-state index contributed by atoms with van der Waals surface area (Å²) in [5.74, 6) is 0.797. The molecule has 1 saturated carbocycles. The van der Waals surface area contributed by atoms with Crippen LogP contribution < -0.4 is 4.74 Å². The number of ether oxygens (including phenoxy) is 1. The van der Waals surface area contributed by atoms with Crippen LogP contribution in [0.25, 0.3) is 0 Å². The third-order valence-electron chi connectivity index (χ3n) is 3.63. The van der Waals surface area contributed by atoms with Crippen LogP contribution in [0.1, 0.15) is 28.8 Å². The van der Waals surface area contributed by atoms with E-state index < -0.39 is 0 Å². The summed E-state index contributed by atoms with van der Waals surface area (Å²) in [5, 5.41) is 0. The van der Waals surface area contributed by atoms with Gasteiger partial charge in [0, 0.05) is 18.2 Å². The van der Waals surface area contributed by atoms with E-state index in [0.717, 1.165) is 24.2 Å². The van der Waals surface area contributed by atoms with Gasteiger partial charge in [0.05, 0.1) is 18.9 Å². The van der Waals surface area contributed by atoms with Crippen molar-refractivity contribution in [3.63, 3.8) is 0 Å². The van der Waals surface area contributed by atoms with Gasteiger partial charge in [-0.05, 0) is 40.9 Å². The molecule has 4 nitrogen and oxygen atoms in total. The van der Waals surface area contributed by atoms with Gasteiger partial charge in [-0.25, -0.2) is 0 Å². The zero-order valence-corrected chi connectivity index (χ0v) is 13.3. The highest BCUT2D eigenvalue weighted by Crippen LogP contribution is 2.33. The lowest BCUT2D eigenvalue weighted by Gasteiger charge is -2.23. The third kappa shape index (κ3) is 2.97. The summed E-state index contributed by atoms with van der Waals surface area (Å²) in [4.78, 5) is 14.6. The predicted octanol–water partition coefficient (Wildman–Crippen LogP) is 3.86. The number of nitrogens with zero attached hydrogens (tertiary/aromatic N) is 1. The highest BCUT2D eigenvalue weighted by atomic mass is 79.9. The first kappa shape index (κ1) is 14.2. The van der Waals surface area contributed by atoms with Crippen LogP contribution in [0.2, 0.25) is 0 Å². The number of amides is 1. The maximum atomic E-state index is 12.7. The molecule has 1 aromatic carbocycles. The highest BCUT2D eigenvalue weighted by Gasteiger charge is 2.34. The zero-order valence-electron chi connectivity index (χ0n) is 11.7. The molecule has 2 aromatic rings. The van der Waals surface area contributed by atoms with Crippen LogP contribution in [-0.2, 0) is 6.54 Å². The van der Waals surface area contributed by atoms with Gasteiger partial charge in [0.2, 0.25) is 0 Å². The Hall–Kier alpha value is -1.75. The summed E-state index contributed by atoms with van der Waals surface area (Å²) < 4.78 is 11.0. The molecular formula is C16H16BrNO3. The van der Waals surface area contributed by atoms with Crippen molar-refractivity contribution in [3.05, 3.63) is 52.4 Å². The zero-order chi connectivity index (χ0) is 14.8. The smallest absolute Gasteiger partial charge is 0.258 e. The van der Waals surface area contributed by atoms with Crippen molar-refractivity contribution in [1.82, 2.24) is 4.90 Å². The van der Waals surface area contributed by atoms with Gasteiger partial charge in [-0.15, -0.1) is 0 Å². The molecule has 0 spiro atoms. The topological polar surface area (TPSA) is 42.7 Å². The van der Waals surface area contributed by atoms with Gasteiger partial charge in [0.15, 0.2) is 4.67 Å². The molecule has 1 aliphatic rings. The van der Waals surface area contributed by atoms with E-state index in [1.54, 1.807) is 13.2 Å². The van der Waals surface area contributed by atoms with Crippen LogP contribution in [0.4, 0.5) is 0 Å². The second-order valence-corrected chi connectivity index (χ2v) is 5.80. The Morgan fingerprint density at radius 2 is 2.14 bits per heavy atom. The number of furan rings is 1. The summed E-state index contributed by atoms with van der Waals surface area (Å²) in [5.41, 5.74) is 1.58. The average Bonchev–Trinajstić information content (AvgIpc) is 3.25. The standard InChI is InChI=1S/C16H16BrNO3/c1-20-14-5-3-2-4-11(14)10-18(12-6-7-12)16(19)13-8-9-21-15(13)17/h2-5,8-9,12H,6-7,10H2,1H3. The fraction of sp³-hybridized carbons (Fsp3) is 0.312. The molecule has 1 heterocycles. The Balaban J connectivity index is 1.86. The molecule has 0 radical (unpaired) electrons. The maximum Gasteiger partial charge on any atom is 0.258 e. The van der Waals surface area contributed by atoms with Crippen LogP contribution in [-0.4, -0.2) is 24.0 Å². The SMILES string of the molecule is COc1ccccc1CN(C(=O)c1ccoc1Br)C1CC1. The van der Waals surface area contributed by atoms with E-state index in [1.807, 2.05) is 29.2 Å². The summed E-state index contributed by atoms with van der Waals surface area (Å²) in [6, 6.07) is 9.80. The average molecular weight is 350 g/mol. The van der Waals surface area contributed by atoms with E-state index in [-0.39, 0.29) is 5.91 Å². The van der Waals surface area contributed by atoms with Gasteiger partial charge >= 0.3 is 0 Å². The van der Waals surface area contributed by atoms with Crippen molar-refractivity contribution in [2.24, 2.45) is 0 Å². The second-order valence-electron chi connectivity index (χ2n) is 5.08. The van der Waals surface area contributed by atoms with Crippen molar-refractivity contribution >= 4 is 21.8 Å². The number of rotatable bonds is 5. The fourth-order valence-corrected chi connectivity index (χ4v) is 2.78.